The third kappa shape index (κ3) is 49.1. The molecule has 0 N–H and O–H groups in total. The summed E-state index contributed by atoms with van der Waals surface area (Å²) in [4.78, 5) is 38.0. The lowest BCUT2D eigenvalue weighted by Gasteiger charge is -2.18. The zero-order valence-corrected chi connectivity index (χ0v) is 41.3. The maximum absolute atomic E-state index is 12.8. The monoisotopic (exact) mass is 887 g/mol. The normalized spacial score (nSPS) is 13.0. The number of carbonyl (C=O) groups excluding carboxylic acids is 3. The van der Waals surface area contributed by atoms with Gasteiger partial charge in [0.25, 0.3) is 0 Å². The van der Waals surface area contributed by atoms with E-state index in [1.807, 2.05) is 0 Å². The molecule has 0 aromatic heterocycles. The predicted molar refractivity (Wildman–Crippen MR) is 274 cm³/mol. The maximum atomic E-state index is 12.8. The quantitative estimate of drug-likeness (QED) is 0.0262. The van der Waals surface area contributed by atoms with Crippen molar-refractivity contribution in [3.8, 4) is 0 Å². The van der Waals surface area contributed by atoms with E-state index in [-0.39, 0.29) is 31.1 Å². The Hall–Kier alpha value is -3.93. The Labute approximate surface area is 393 Å². The van der Waals surface area contributed by atoms with E-state index in [4.69, 9.17) is 14.2 Å². The molecule has 0 saturated heterocycles. The van der Waals surface area contributed by atoms with Crippen molar-refractivity contribution in [1.82, 2.24) is 0 Å². The molecule has 0 bridgehead atoms. The van der Waals surface area contributed by atoms with Crippen molar-refractivity contribution < 1.29 is 28.6 Å². The van der Waals surface area contributed by atoms with Gasteiger partial charge in [0.15, 0.2) is 6.10 Å². The average molecular weight is 887 g/mol. The lowest BCUT2D eigenvalue weighted by molar-refractivity contribution is -0.167. The largest absolute Gasteiger partial charge is 0.462 e. The van der Waals surface area contributed by atoms with Gasteiger partial charge in [-0.15, -0.1) is 0 Å². The second-order valence-corrected chi connectivity index (χ2v) is 16.8. The zero-order chi connectivity index (χ0) is 46.5. The first-order valence-electron chi connectivity index (χ1n) is 26.0. The Morgan fingerprint density at radius 3 is 0.938 bits per heavy atom. The van der Waals surface area contributed by atoms with E-state index in [1.54, 1.807) is 0 Å². The van der Waals surface area contributed by atoms with Gasteiger partial charge in [0.1, 0.15) is 13.2 Å². The SMILES string of the molecule is CC/C=C/C=C/C=C/CCCCCCCCCC(=O)OC(COC(=O)CCCCCCC/C=C/C=C/C=C/CC)COC(=O)CCCCCCC/C=C/C=C/C=C/CCCCCCC. The Morgan fingerprint density at radius 1 is 0.328 bits per heavy atom. The van der Waals surface area contributed by atoms with Crippen molar-refractivity contribution in [2.75, 3.05) is 13.2 Å². The third-order valence-electron chi connectivity index (χ3n) is 10.7. The summed E-state index contributed by atoms with van der Waals surface area (Å²) in [5.41, 5.74) is 0. The molecule has 1 atom stereocenters. The summed E-state index contributed by atoms with van der Waals surface area (Å²) >= 11 is 0. The van der Waals surface area contributed by atoms with Gasteiger partial charge in [-0.2, -0.15) is 0 Å². The van der Waals surface area contributed by atoms with Crippen LogP contribution >= 0.6 is 0 Å². The van der Waals surface area contributed by atoms with Gasteiger partial charge in [-0.05, 0) is 83.5 Å². The molecule has 0 aliphatic heterocycles. The van der Waals surface area contributed by atoms with Gasteiger partial charge in [0.2, 0.25) is 0 Å². The molecular formula is C58H94O6. The van der Waals surface area contributed by atoms with E-state index < -0.39 is 6.10 Å². The standard InChI is InChI=1S/C58H94O6/c1-4-7-10-13-16-19-22-25-27-28-29-31-33-36-39-42-45-48-51-57(60)63-54-55(53-62-56(59)50-47-44-41-38-35-32-24-21-18-15-12-9-6-3)64-58(61)52-49-46-43-40-37-34-30-26-23-20-17-14-11-8-5-2/h8-9,11-12,14-15,17-18,20-25,27-29,31,55H,4-7,10,13,16,19,26,30,32-54H2,1-3H3/b11-8+,12-9+,17-14+,18-15+,23-20+,24-21+,25-22+,28-27+,31-29+. The minimum atomic E-state index is -0.803. The van der Waals surface area contributed by atoms with Gasteiger partial charge in [-0.3, -0.25) is 14.4 Å². The fraction of sp³-hybridized carbons (Fsp3) is 0.638. The van der Waals surface area contributed by atoms with Gasteiger partial charge in [0.05, 0.1) is 0 Å². The Bertz CT molecular complexity index is 1340. The lowest BCUT2D eigenvalue weighted by atomic mass is 10.1. The van der Waals surface area contributed by atoms with Gasteiger partial charge in [0, 0.05) is 19.3 Å². The summed E-state index contributed by atoms with van der Waals surface area (Å²) in [6.45, 7) is 6.30. The number of ether oxygens (including phenoxy) is 3. The van der Waals surface area contributed by atoms with Crippen LogP contribution in [0.2, 0.25) is 0 Å². The second-order valence-electron chi connectivity index (χ2n) is 16.8. The van der Waals surface area contributed by atoms with Crippen molar-refractivity contribution in [3.05, 3.63) is 109 Å². The molecule has 0 spiro atoms. The molecule has 0 saturated carbocycles. The summed E-state index contributed by atoms with van der Waals surface area (Å²) in [7, 11) is 0. The fourth-order valence-electron chi connectivity index (χ4n) is 6.80. The van der Waals surface area contributed by atoms with E-state index >= 15 is 0 Å². The number of hydrogen-bond acceptors (Lipinski definition) is 6. The number of esters is 3. The van der Waals surface area contributed by atoms with Crippen molar-refractivity contribution in [1.29, 1.82) is 0 Å². The van der Waals surface area contributed by atoms with Gasteiger partial charge in [-0.25, -0.2) is 0 Å². The maximum Gasteiger partial charge on any atom is 0.306 e. The zero-order valence-electron chi connectivity index (χ0n) is 41.3. The molecule has 0 radical (unpaired) electrons. The second kappa shape index (κ2) is 51.7. The minimum Gasteiger partial charge on any atom is -0.462 e. The van der Waals surface area contributed by atoms with Gasteiger partial charge >= 0.3 is 17.9 Å². The number of carbonyl (C=O) groups is 3. The molecule has 6 nitrogen and oxygen atoms in total. The molecule has 0 fully saturated rings. The minimum absolute atomic E-state index is 0.103. The van der Waals surface area contributed by atoms with Crippen molar-refractivity contribution in [3.63, 3.8) is 0 Å². The van der Waals surface area contributed by atoms with Crippen LogP contribution in [-0.4, -0.2) is 37.2 Å². The van der Waals surface area contributed by atoms with Crippen molar-refractivity contribution in [2.45, 2.75) is 226 Å². The molecule has 0 rings (SSSR count). The highest BCUT2D eigenvalue weighted by Crippen LogP contribution is 2.14. The smallest absolute Gasteiger partial charge is 0.306 e. The number of allylic oxidation sites excluding steroid dienone is 18. The first-order chi connectivity index (χ1) is 31.5. The van der Waals surface area contributed by atoms with Crippen LogP contribution in [0.5, 0.6) is 0 Å². The molecule has 0 aromatic carbocycles. The molecule has 0 aromatic rings. The highest BCUT2D eigenvalue weighted by molar-refractivity contribution is 5.71. The topological polar surface area (TPSA) is 78.9 Å². The molecule has 6 heteroatoms. The van der Waals surface area contributed by atoms with E-state index in [2.05, 4.69) is 130 Å². The van der Waals surface area contributed by atoms with Crippen LogP contribution in [0.25, 0.3) is 0 Å². The summed E-state index contributed by atoms with van der Waals surface area (Å²) < 4.78 is 16.8. The van der Waals surface area contributed by atoms with Crippen LogP contribution in [0, 0.1) is 0 Å². The molecule has 0 aliphatic rings. The van der Waals surface area contributed by atoms with Crippen LogP contribution in [0.4, 0.5) is 0 Å². The molecule has 1 unspecified atom stereocenters. The Kier molecular flexibility index (Phi) is 48.5. The molecule has 362 valence electrons. The first-order valence-corrected chi connectivity index (χ1v) is 26.0. The van der Waals surface area contributed by atoms with Gasteiger partial charge < -0.3 is 14.2 Å². The summed E-state index contributed by atoms with van der Waals surface area (Å²) in [5.74, 6) is -0.959. The molecular weight excluding hydrogens is 793 g/mol. The molecule has 0 amide bonds. The summed E-state index contributed by atoms with van der Waals surface area (Å²) in [5, 5.41) is 0. The van der Waals surface area contributed by atoms with Gasteiger partial charge in [-0.1, -0.05) is 226 Å². The molecule has 0 heterocycles. The summed E-state index contributed by atoms with van der Waals surface area (Å²) in [6.07, 6.45) is 69.2. The van der Waals surface area contributed by atoms with Crippen LogP contribution < -0.4 is 0 Å². The summed E-state index contributed by atoms with van der Waals surface area (Å²) in [6, 6.07) is 0. The van der Waals surface area contributed by atoms with Crippen LogP contribution in [0.3, 0.4) is 0 Å². The lowest BCUT2D eigenvalue weighted by Crippen LogP contribution is -2.30. The highest BCUT2D eigenvalue weighted by Gasteiger charge is 2.19. The van der Waals surface area contributed by atoms with Crippen molar-refractivity contribution >= 4 is 17.9 Å². The number of unbranched alkanes of at least 4 members (excludes halogenated alkanes) is 22. The Morgan fingerprint density at radius 2 is 0.609 bits per heavy atom. The molecule has 0 aliphatic carbocycles. The van der Waals surface area contributed by atoms with Crippen molar-refractivity contribution in [2.24, 2.45) is 0 Å². The average Bonchev–Trinajstić information content (AvgIpc) is 3.29. The Balaban J connectivity index is 4.48. The van der Waals surface area contributed by atoms with E-state index in [1.165, 1.54) is 51.4 Å². The first kappa shape index (κ1) is 60.1. The fourth-order valence-corrected chi connectivity index (χ4v) is 6.80. The van der Waals surface area contributed by atoms with Crippen LogP contribution in [0.15, 0.2) is 109 Å². The van der Waals surface area contributed by atoms with E-state index in [0.29, 0.717) is 19.3 Å². The molecule has 64 heavy (non-hydrogen) atoms. The third-order valence-corrected chi connectivity index (χ3v) is 10.7. The highest BCUT2D eigenvalue weighted by atomic mass is 16.6. The van der Waals surface area contributed by atoms with E-state index in [0.717, 1.165) is 128 Å². The van der Waals surface area contributed by atoms with E-state index in [9.17, 15) is 14.4 Å². The van der Waals surface area contributed by atoms with Crippen LogP contribution in [0.1, 0.15) is 220 Å². The number of rotatable bonds is 45. The van der Waals surface area contributed by atoms with Crippen LogP contribution in [-0.2, 0) is 28.6 Å². The number of hydrogen-bond donors (Lipinski definition) is 0. The predicted octanol–water partition coefficient (Wildman–Crippen LogP) is 17.1.